The summed E-state index contributed by atoms with van der Waals surface area (Å²) in [7, 11) is 0. The van der Waals surface area contributed by atoms with Crippen LogP contribution in [0.5, 0.6) is 5.75 Å². The lowest BCUT2D eigenvalue weighted by molar-refractivity contribution is 0.101. The summed E-state index contributed by atoms with van der Waals surface area (Å²) in [5.41, 5.74) is 1.53. The van der Waals surface area contributed by atoms with Crippen LogP contribution in [0.15, 0.2) is 18.2 Å². The summed E-state index contributed by atoms with van der Waals surface area (Å²) >= 11 is 0. The van der Waals surface area contributed by atoms with E-state index in [0.717, 1.165) is 31.1 Å². The molecule has 1 fully saturated rings. The molecule has 1 aliphatic carbocycles. The molecule has 1 saturated carbocycles. The molecule has 0 bridgehead atoms. The fourth-order valence-electron chi connectivity index (χ4n) is 2.52. The van der Waals surface area contributed by atoms with Crippen LogP contribution < -0.4 is 0 Å². The van der Waals surface area contributed by atoms with E-state index in [-0.39, 0.29) is 11.5 Å². The molecule has 2 rings (SSSR count). The molecule has 0 radical (unpaired) electrons. The van der Waals surface area contributed by atoms with Crippen molar-refractivity contribution in [1.82, 2.24) is 4.90 Å². The van der Waals surface area contributed by atoms with Gasteiger partial charge in [-0.2, -0.15) is 0 Å². The van der Waals surface area contributed by atoms with Gasteiger partial charge in [0.2, 0.25) is 0 Å². The van der Waals surface area contributed by atoms with E-state index < -0.39 is 0 Å². The number of benzene rings is 1. The number of hydrogen-bond donors (Lipinski definition) is 1. The number of rotatable bonds is 6. The largest absolute Gasteiger partial charge is 0.508 e. The zero-order chi connectivity index (χ0) is 13.8. The number of Topliss-reactive ketones (excluding diaryl/α,β-unsaturated/α-hetero) is 1. The predicted molar refractivity (Wildman–Crippen MR) is 76.4 cm³/mol. The summed E-state index contributed by atoms with van der Waals surface area (Å²) in [6, 6.07) is 5.13. The van der Waals surface area contributed by atoms with Crippen LogP contribution in [0.1, 0.15) is 49.0 Å². The number of carbonyl (C=O) groups is 1. The van der Waals surface area contributed by atoms with Gasteiger partial charge in [-0.25, -0.2) is 0 Å². The molecular weight excluding hydrogens is 238 g/mol. The molecular formula is C16H23NO2. The molecule has 0 aliphatic heterocycles. The van der Waals surface area contributed by atoms with Gasteiger partial charge in [0, 0.05) is 24.2 Å². The van der Waals surface area contributed by atoms with Gasteiger partial charge in [-0.15, -0.1) is 0 Å². The second-order valence-corrected chi connectivity index (χ2v) is 5.52. The quantitative estimate of drug-likeness (QED) is 0.799. The lowest BCUT2D eigenvalue weighted by Gasteiger charge is -2.32. The SMILES string of the molecule is CCN(Cc1cc(C(C)=O)ccc1O)CC1CCC1. The van der Waals surface area contributed by atoms with Gasteiger partial charge in [0.15, 0.2) is 5.78 Å². The van der Waals surface area contributed by atoms with Crippen molar-refractivity contribution in [2.24, 2.45) is 5.92 Å². The molecule has 0 amide bonds. The van der Waals surface area contributed by atoms with Crippen molar-refractivity contribution in [2.45, 2.75) is 39.7 Å². The number of carbonyl (C=O) groups excluding carboxylic acids is 1. The van der Waals surface area contributed by atoms with Gasteiger partial charge in [-0.3, -0.25) is 9.69 Å². The Bertz CT molecular complexity index is 452. The molecule has 1 aliphatic rings. The summed E-state index contributed by atoms with van der Waals surface area (Å²) in [4.78, 5) is 13.8. The highest BCUT2D eigenvalue weighted by Gasteiger charge is 2.20. The Labute approximate surface area is 115 Å². The minimum atomic E-state index is 0.0447. The van der Waals surface area contributed by atoms with Gasteiger partial charge in [0.1, 0.15) is 5.75 Å². The van der Waals surface area contributed by atoms with Crippen molar-refractivity contribution in [3.63, 3.8) is 0 Å². The Hall–Kier alpha value is -1.35. The van der Waals surface area contributed by atoms with Crippen molar-refractivity contribution in [3.05, 3.63) is 29.3 Å². The van der Waals surface area contributed by atoms with Crippen molar-refractivity contribution in [3.8, 4) is 5.75 Å². The first-order valence-electron chi connectivity index (χ1n) is 7.15. The van der Waals surface area contributed by atoms with Gasteiger partial charge >= 0.3 is 0 Å². The molecule has 1 aromatic carbocycles. The zero-order valence-corrected chi connectivity index (χ0v) is 11.9. The molecule has 104 valence electrons. The molecule has 0 spiro atoms. The molecule has 0 saturated heterocycles. The van der Waals surface area contributed by atoms with Crippen molar-refractivity contribution in [2.75, 3.05) is 13.1 Å². The molecule has 1 N–H and O–H groups in total. The summed E-state index contributed by atoms with van der Waals surface area (Å²) < 4.78 is 0. The molecule has 0 atom stereocenters. The monoisotopic (exact) mass is 261 g/mol. The summed E-state index contributed by atoms with van der Waals surface area (Å²) in [5, 5.41) is 9.93. The lowest BCUT2D eigenvalue weighted by Crippen LogP contribution is -2.32. The van der Waals surface area contributed by atoms with Gasteiger partial charge < -0.3 is 5.11 Å². The van der Waals surface area contributed by atoms with E-state index in [2.05, 4.69) is 11.8 Å². The van der Waals surface area contributed by atoms with Gasteiger partial charge in [0.05, 0.1) is 0 Å². The van der Waals surface area contributed by atoms with Crippen LogP contribution in [0.4, 0.5) is 0 Å². The van der Waals surface area contributed by atoms with Crippen molar-refractivity contribution < 1.29 is 9.90 Å². The third kappa shape index (κ3) is 3.57. The third-order valence-corrected chi connectivity index (χ3v) is 4.07. The second-order valence-electron chi connectivity index (χ2n) is 5.52. The molecule has 19 heavy (non-hydrogen) atoms. The first-order valence-corrected chi connectivity index (χ1v) is 7.15. The highest BCUT2D eigenvalue weighted by atomic mass is 16.3. The predicted octanol–water partition coefficient (Wildman–Crippen LogP) is 3.22. The lowest BCUT2D eigenvalue weighted by atomic mass is 9.85. The topological polar surface area (TPSA) is 40.5 Å². The van der Waals surface area contributed by atoms with E-state index in [1.165, 1.54) is 19.3 Å². The first kappa shape index (κ1) is 14.1. The summed E-state index contributed by atoms with van der Waals surface area (Å²) in [6.07, 6.45) is 4.01. The minimum Gasteiger partial charge on any atom is -0.508 e. The van der Waals surface area contributed by atoms with Crippen molar-refractivity contribution >= 4 is 5.78 Å². The smallest absolute Gasteiger partial charge is 0.159 e. The highest BCUT2D eigenvalue weighted by molar-refractivity contribution is 5.94. The molecule has 0 heterocycles. The van der Waals surface area contributed by atoms with Gasteiger partial charge in [-0.1, -0.05) is 13.3 Å². The minimum absolute atomic E-state index is 0.0447. The van der Waals surface area contributed by atoms with Gasteiger partial charge in [0.25, 0.3) is 0 Å². The van der Waals surface area contributed by atoms with E-state index >= 15 is 0 Å². The molecule has 0 unspecified atom stereocenters. The van der Waals surface area contributed by atoms with E-state index in [9.17, 15) is 9.90 Å². The maximum absolute atomic E-state index is 11.4. The Morgan fingerprint density at radius 1 is 1.42 bits per heavy atom. The third-order valence-electron chi connectivity index (χ3n) is 4.07. The maximum atomic E-state index is 11.4. The number of aromatic hydroxyl groups is 1. The molecule has 3 nitrogen and oxygen atoms in total. The fraction of sp³-hybridized carbons (Fsp3) is 0.562. The van der Waals surface area contributed by atoms with Crippen LogP contribution in [0.3, 0.4) is 0 Å². The van der Waals surface area contributed by atoms with E-state index in [1.54, 1.807) is 19.1 Å². The number of nitrogens with zero attached hydrogens (tertiary/aromatic N) is 1. The zero-order valence-electron chi connectivity index (χ0n) is 11.9. The standard InChI is InChI=1S/C16H23NO2/c1-3-17(10-13-5-4-6-13)11-15-9-14(12(2)18)7-8-16(15)19/h7-9,13,19H,3-6,10-11H2,1-2H3. The van der Waals surface area contributed by atoms with E-state index in [0.29, 0.717) is 5.56 Å². The fourth-order valence-corrected chi connectivity index (χ4v) is 2.52. The van der Waals surface area contributed by atoms with Gasteiger partial charge in [-0.05, 0) is 50.4 Å². The Balaban J connectivity index is 2.06. The van der Waals surface area contributed by atoms with Crippen LogP contribution in [0.25, 0.3) is 0 Å². The summed E-state index contributed by atoms with van der Waals surface area (Å²) in [5.74, 6) is 1.15. The average molecular weight is 261 g/mol. The number of phenolic OH excluding ortho intramolecular Hbond substituents is 1. The number of ketones is 1. The Morgan fingerprint density at radius 2 is 2.16 bits per heavy atom. The van der Waals surface area contributed by atoms with Crippen LogP contribution in [-0.2, 0) is 6.54 Å². The van der Waals surface area contributed by atoms with Crippen LogP contribution in [0.2, 0.25) is 0 Å². The summed E-state index contributed by atoms with van der Waals surface area (Å²) in [6.45, 7) is 6.49. The van der Waals surface area contributed by atoms with Crippen LogP contribution in [-0.4, -0.2) is 28.9 Å². The normalized spacial score (nSPS) is 15.5. The molecule has 3 heteroatoms. The first-order chi connectivity index (χ1) is 9.10. The number of hydrogen-bond acceptors (Lipinski definition) is 3. The van der Waals surface area contributed by atoms with E-state index in [1.807, 2.05) is 6.07 Å². The van der Waals surface area contributed by atoms with Crippen molar-refractivity contribution in [1.29, 1.82) is 0 Å². The van der Waals surface area contributed by atoms with Crippen LogP contribution in [0, 0.1) is 5.92 Å². The average Bonchev–Trinajstić information content (AvgIpc) is 2.34. The maximum Gasteiger partial charge on any atom is 0.159 e. The van der Waals surface area contributed by atoms with E-state index in [4.69, 9.17) is 0 Å². The second kappa shape index (κ2) is 6.20. The molecule has 0 aromatic heterocycles. The highest BCUT2D eigenvalue weighted by Crippen LogP contribution is 2.28. The molecule has 1 aromatic rings. The van der Waals surface area contributed by atoms with Crippen LogP contribution >= 0.6 is 0 Å². The Morgan fingerprint density at radius 3 is 2.68 bits per heavy atom. The Kier molecular flexibility index (Phi) is 4.59. The number of phenols is 1.